The Hall–Kier alpha value is -2.42. The number of hydrogen-bond donors (Lipinski definition) is 2. The van der Waals surface area contributed by atoms with E-state index in [1.165, 1.54) is 24.0 Å². The van der Waals surface area contributed by atoms with Crippen molar-refractivity contribution < 1.29 is 24.0 Å². The summed E-state index contributed by atoms with van der Waals surface area (Å²) in [6, 6.07) is -0.619. The highest BCUT2D eigenvalue weighted by atomic mass is 32.1. The molecule has 9 heteroatoms. The molecule has 2 atom stereocenters. The zero-order chi connectivity index (χ0) is 27.5. The van der Waals surface area contributed by atoms with E-state index in [-0.39, 0.29) is 41.2 Å². The van der Waals surface area contributed by atoms with Gasteiger partial charge in [-0.2, -0.15) is 0 Å². The van der Waals surface area contributed by atoms with Gasteiger partial charge < -0.3 is 10.6 Å². The summed E-state index contributed by atoms with van der Waals surface area (Å²) in [7, 11) is 0. The number of thiocarbonyl (C=S) groups is 1. The Balaban J connectivity index is 2.59. The first-order chi connectivity index (χ1) is 16.7. The number of hydrogen-bond acceptors (Lipinski definition) is 6. The van der Waals surface area contributed by atoms with Gasteiger partial charge in [0.25, 0.3) is 11.8 Å². The minimum atomic E-state index is -0.619. The first-order valence-electron chi connectivity index (χ1n) is 12.9. The molecular formula is C27H43N3O5S. The van der Waals surface area contributed by atoms with E-state index in [9.17, 15) is 24.0 Å². The Bertz CT molecular complexity index is 842. The fraction of sp³-hybridized carbons (Fsp3) is 0.704. The number of rotatable bonds is 16. The van der Waals surface area contributed by atoms with Crippen LogP contribution in [-0.4, -0.2) is 58.3 Å². The second-order valence-electron chi connectivity index (χ2n) is 10.9. The lowest BCUT2D eigenvalue weighted by Crippen LogP contribution is -2.48. The zero-order valence-corrected chi connectivity index (χ0v) is 23.5. The average Bonchev–Trinajstić information content (AvgIpc) is 3.09. The first-order valence-corrected chi connectivity index (χ1v) is 13.3. The molecule has 8 nitrogen and oxygen atoms in total. The Labute approximate surface area is 221 Å². The van der Waals surface area contributed by atoms with Crippen molar-refractivity contribution in [2.75, 3.05) is 13.1 Å². The molecule has 1 rings (SSSR count). The van der Waals surface area contributed by atoms with Gasteiger partial charge in [-0.3, -0.25) is 28.9 Å². The van der Waals surface area contributed by atoms with Crippen molar-refractivity contribution in [3.63, 3.8) is 0 Å². The highest BCUT2D eigenvalue weighted by Gasteiger charge is 2.33. The molecule has 1 aliphatic rings. The van der Waals surface area contributed by atoms with Crippen molar-refractivity contribution in [1.29, 1.82) is 0 Å². The maximum Gasteiger partial charge on any atom is 0.253 e. The molecule has 0 bridgehead atoms. The van der Waals surface area contributed by atoms with Gasteiger partial charge in [0.2, 0.25) is 11.8 Å². The predicted molar refractivity (Wildman–Crippen MR) is 144 cm³/mol. The minimum Gasteiger partial charge on any atom is -0.356 e. The number of nitrogens with one attached hydrogen (secondary N) is 2. The van der Waals surface area contributed by atoms with Crippen molar-refractivity contribution in [3.05, 3.63) is 12.2 Å². The fourth-order valence-corrected chi connectivity index (χ4v) is 4.36. The van der Waals surface area contributed by atoms with Crippen LogP contribution in [0.3, 0.4) is 0 Å². The number of unbranched alkanes of at least 4 members (excludes halogenated alkanes) is 2. The number of imide groups is 1. The average molecular weight is 522 g/mol. The van der Waals surface area contributed by atoms with E-state index >= 15 is 0 Å². The van der Waals surface area contributed by atoms with E-state index in [0.29, 0.717) is 45.2 Å². The van der Waals surface area contributed by atoms with Crippen molar-refractivity contribution in [2.24, 2.45) is 17.3 Å². The third-order valence-corrected chi connectivity index (χ3v) is 6.61. The van der Waals surface area contributed by atoms with Gasteiger partial charge in [0.05, 0.1) is 6.04 Å². The summed E-state index contributed by atoms with van der Waals surface area (Å²) in [5, 5.41) is 5.71. The molecule has 4 amide bonds. The smallest absolute Gasteiger partial charge is 0.253 e. The van der Waals surface area contributed by atoms with Crippen LogP contribution >= 0.6 is 12.2 Å². The van der Waals surface area contributed by atoms with Crippen molar-refractivity contribution in [1.82, 2.24) is 15.5 Å². The molecule has 0 radical (unpaired) electrons. The summed E-state index contributed by atoms with van der Waals surface area (Å²) < 4.78 is 0. The normalized spacial score (nSPS) is 15.2. The van der Waals surface area contributed by atoms with Gasteiger partial charge in [0.1, 0.15) is 0 Å². The van der Waals surface area contributed by atoms with Crippen LogP contribution in [0.15, 0.2) is 12.2 Å². The third-order valence-electron chi connectivity index (χ3n) is 6.24. The van der Waals surface area contributed by atoms with Gasteiger partial charge in [0, 0.05) is 43.5 Å². The molecule has 36 heavy (non-hydrogen) atoms. The molecule has 0 aromatic heterocycles. The van der Waals surface area contributed by atoms with Crippen LogP contribution in [-0.2, 0) is 24.0 Å². The van der Waals surface area contributed by atoms with E-state index < -0.39 is 11.5 Å². The van der Waals surface area contributed by atoms with E-state index in [1.54, 1.807) is 0 Å². The van der Waals surface area contributed by atoms with Gasteiger partial charge in [0.15, 0.2) is 5.78 Å². The number of amides is 4. The molecule has 0 saturated carbocycles. The number of ketones is 1. The van der Waals surface area contributed by atoms with Gasteiger partial charge in [-0.05, 0) is 49.3 Å². The Morgan fingerprint density at radius 3 is 2.14 bits per heavy atom. The van der Waals surface area contributed by atoms with E-state index in [2.05, 4.69) is 10.6 Å². The molecule has 1 aliphatic heterocycles. The lowest BCUT2D eigenvalue weighted by Gasteiger charge is -2.28. The van der Waals surface area contributed by atoms with Crippen molar-refractivity contribution in [2.45, 2.75) is 92.5 Å². The quantitative estimate of drug-likeness (QED) is 0.183. The van der Waals surface area contributed by atoms with E-state index in [4.69, 9.17) is 12.2 Å². The molecule has 0 aromatic carbocycles. The maximum atomic E-state index is 13.2. The molecule has 0 spiro atoms. The largest absolute Gasteiger partial charge is 0.356 e. The fourth-order valence-electron chi connectivity index (χ4n) is 4.04. The van der Waals surface area contributed by atoms with Crippen molar-refractivity contribution >= 4 is 46.5 Å². The van der Waals surface area contributed by atoms with Crippen LogP contribution in [0.5, 0.6) is 0 Å². The third kappa shape index (κ3) is 11.1. The number of carbonyl (C=O) groups is 5. The number of nitrogens with zero attached hydrogens (tertiary/aromatic N) is 1. The lowest BCUT2D eigenvalue weighted by atomic mass is 9.83. The summed E-state index contributed by atoms with van der Waals surface area (Å²) in [5.74, 6) is -1.15. The van der Waals surface area contributed by atoms with Gasteiger partial charge >= 0.3 is 0 Å². The van der Waals surface area contributed by atoms with Crippen LogP contribution in [0.2, 0.25) is 0 Å². The molecular weight excluding hydrogens is 478 g/mol. The Morgan fingerprint density at radius 1 is 1.00 bits per heavy atom. The summed E-state index contributed by atoms with van der Waals surface area (Å²) in [6.45, 7) is 11.8. The van der Waals surface area contributed by atoms with Gasteiger partial charge in [-0.1, -0.05) is 53.3 Å². The minimum absolute atomic E-state index is 0.0334. The molecule has 0 unspecified atom stereocenters. The molecule has 1 heterocycles. The summed E-state index contributed by atoms with van der Waals surface area (Å²) >= 11 is 5.58. The second kappa shape index (κ2) is 15.0. The van der Waals surface area contributed by atoms with Crippen LogP contribution in [0.4, 0.5) is 0 Å². The van der Waals surface area contributed by atoms with Crippen molar-refractivity contribution in [3.8, 4) is 0 Å². The van der Waals surface area contributed by atoms with Crippen LogP contribution in [0, 0.1) is 17.3 Å². The number of carbonyl (C=O) groups excluding carboxylic acids is 5. The number of Topliss-reactive ketones (excluding diaryl/α,β-unsaturated/α-hetero) is 1. The van der Waals surface area contributed by atoms with Crippen LogP contribution < -0.4 is 10.6 Å². The summed E-state index contributed by atoms with van der Waals surface area (Å²) in [5.41, 5.74) is -0.602. The summed E-state index contributed by atoms with van der Waals surface area (Å²) in [6.07, 6.45) is 7.13. The maximum absolute atomic E-state index is 13.2. The SMILES string of the molecule is CC(=O)NCCC[C@H](NC(=O)[C@@H](CC(=S)CCCCCN1C(=O)C=CC1=O)C(C)C)C(=O)C(C)(C)C. The molecule has 0 aromatic rings. The zero-order valence-electron chi connectivity index (χ0n) is 22.6. The second-order valence-corrected chi connectivity index (χ2v) is 11.4. The molecule has 202 valence electrons. The Kier molecular flexibility index (Phi) is 13.1. The standard InChI is InChI=1S/C27H43N3O5S/c1-18(2)21(17-20(36)11-8-7-9-16-30-23(32)13-14-24(30)33)26(35)29-22(25(34)27(4,5)6)12-10-15-28-19(3)31/h13-14,18,21-22H,7-12,15-17H2,1-6H3,(H,28,31)(H,29,35)/t21-,22-/m0/s1. The highest BCUT2D eigenvalue weighted by Crippen LogP contribution is 2.22. The van der Waals surface area contributed by atoms with Gasteiger partial charge in [-0.15, -0.1) is 0 Å². The van der Waals surface area contributed by atoms with E-state index in [1.807, 2.05) is 34.6 Å². The molecule has 2 N–H and O–H groups in total. The van der Waals surface area contributed by atoms with Crippen LogP contribution in [0.1, 0.15) is 86.5 Å². The van der Waals surface area contributed by atoms with Crippen LogP contribution in [0.25, 0.3) is 0 Å². The molecule has 0 aliphatic carbocycles. The Morgan fingerprint density at radius 2 is 1.61 bits per heavy atom. The van der Waals surface area contributed by atoms with Gasteiger partial charge in [-0.25, -0.2) is 0 Å². The molecule has 0 fully saturated rings. The summed E-state index contributed by atoms with van der Waals surface area (Å²) in [4.78, 5) is 62.6. The topological polar surface area (TPSA) is 113 Å². The molecule has 0 saturated heterocycles. The predicted octanol–water partition coefficient (Wildman–Crippen LogP) is 3.52. The van der Waals surface area contributed by atoms with E-state index in [0.717, 1.165) is 17.7 Å². The lowest BCUT2D eigenvalue weighted by molar-refractivity contribution is -0.137. The highest BCUT2D eigenvalue weighted by molar-refractivity contribution is 7.80. The first kappa shape index (κ1) is 31.6. The monoisotopic (exact) mass is 521 g/mol.